The van der Waals surface area contributed by atoms with Crippen molar-refractivity contribution in [1.82, 2.24) is 4.98 Å². The van der Waals surface area contributed by atoms with Gasteiger partial charge in [-0.15, -0.1) is 0 Å². The molecule has 0 saturated heterocycles. The molecule has 0 aliphatic heterocycles. The Hall–Kier alpha value is -3.07. The van der Waals surface area contributed by atoms with Crippen molar-refractivity contribution in [2.24, 2.45) is 5.41 Å². The van der Waals surface area contributed by atoms with Crippen LogP contribution >= 0.6 is 11.6 Å². The second-order valence-corrected chi connectivity index (χ2v) is 11.5. The van der Waals surface area contributed by atoms with Crippen LogP contribution in [0, 0.1) is 19.3 Å². The van der Waals surface area contributed by atoms with Crippen LogP contribution in [0.3, 0.4) is 0 Å². The summed E-state index contributed by atoms with van der Waals surface area (Å²) in [5.74, 6) is -0.266. The third kappa shape index (κ3) is 4.48. The van der Waals surface area contributed by atoms with E-state index in [2.05, 4.69) is 10.3 Å². The van der Waals surface area contributed by atoms with E-state index in [4.69, 9.17) is 20.8 Å². The van der Waals surface area contributed by atoms with Gasteiger partial charge in [-0.05, 0) is 70.2 Å². The summed E-state index contributed by atoms with van der Waals surface area (Å²) in [6.07, 6.45) is -2.87. The Kier molecular flexibility index (Phi) is 6.72. The lowest BCUT2D eigenvalue weighted by Gasteiger charge is -2.69. The van der Waals surface area contributed by atoms with E-state index in [-0.39, 0.29) is 42.1 Å². The fraction of sp³-hybridized carbons (Fsp3) is 0.483. The van der Waals surface area contributed by atoms with E-state index in [1.54, 1.807) is 25.1 Å². The van der Waals surface area contributed by atoms with Crippen LogP contribution in [-0.4, -0.2) is 23.7 Å². The van der Waals surface area contributed by atoms with E-state index in [0.717, 1.165) is 12.0 Å². The number of nitrogens with one attached hydrogen (secondary N) is 1. The van der Waals surface area contributed by atoms with Gasteiger partial charge < -0.3 is 14.5 Å². The summed E-state index contributed by atoms with van der Waals surface area (Å²) in [4.78, 5) is 30.3. The summed E-state index contributed by atoms with van der Waals surface area (Å²) in [5, 5.41) is 3.77. The molecule has 208 valence electrons. The Morgan fingerprint density at radius 1 is 1.23 bits per heavy atom. The Morgan fingerprint density at radius 2 is 1.92 bits per heavy atom. The predicted molar refractivity (Wildman–Crippen MR) is 142 cm³/mol. The van der Waals surface area contributed by atoms with Gasteiger partial charge in [0.2, 0.25) is 0 Å². The molecule has 0 spiro atoms. The van der Waals surface area contributed by atoms with Crippen molar-refractivity contribution in [2.45, 2.75) is 77.4 Å². The van der Waals surface area contributed by atoms with E-state index in [1.807, 2.05) is 26.8 Å². The maximum atomic E-state index is 13.5. The van der Waals surface area contributed by atoms with Gasteiger partial charge in [0.25, 0.3) is 0 Å². The average molecular weight is 563 g/mol. The largest absolute Gasteiger partial charge is 0.461 e. The first-order valence-electron chi connectivity index (χ1n) is 13.1. The first-order valence-corrected chi connectivity index (χ1v) is 13.4. The van der Waals surface area contributed by atoms with E-state index in [0.29, 0.717) is 40.0 Å². The number of unbranched alkanes of at least 4 members (excludes halogenated alkanes) is 1. The number of hydrogen-bond donors (Lipinski definition) is 1. The molecule has 0 radical (unpaired) electrons. The third-order valence-corrected chi connectivity index (χ3v) is 8.34. The molecule has 1 N–H and O–H groups in total. The number of esters is 1. The topological polar surface area (TPSA) is 81.4 Å². The number of halogens is 4. The number of benzene rings is 1. The lowest BCUT2D eigenvalue weighted by Crippen LogP contribution is -2.70. The van der Waals surface area contributed by atoms with Crippen molar-refractivity contribution in [3.05, 3.63) is 67.8 Å². The molecule has 0 amide bonds. The molecule has 39 heavy (non-hydrogen) atoms. The molecule has 6 nitrogen and oxygen atoms in total. The fourth-order valence-corrected chi connectivity index (χ4v) is 6.27. The zero-order valence-electron chi connectivity index (χ0n) is 22.2. The maximum Gasteiger partial charge on any atom is 0.394 e. The van der Waals surface area contributed by atoms with E-state index in [9.17, 15) is 22.8 Å². The average Bonchev–Trinajstić information content (AvgIpc) is 2.80. The van der Waals surface area contributed by atoms with E-state index >= 15 is 0 Å². The number of nitrogens with zero attached hydrogens (tertiary/aromatic N) is 1. The number of fused-ring (bicyclic) bond motifs is 1. The number of rotatable bonds is 8. The zero-order chi connectivity index (χ0) is 28.3. The van der Waals surface area contributed by atoms with Crippen LogP contribution in [0.5, 0.6) is 0 Å². The Bertz CT molecular complexity index is 1510. The molecule has 1 unspecified atom stereocenters. The number of pyridine rings is 1. The highest BCUT2D eigenvalue weighted by Crippen LogP contribution is 2.78. The van der Waals surface area contributed by atoms with Crippen molar-refractivity contribution < 1.29 is 27.1 Å². The maximum absolute atomic E-state index is 13.5. The van der Waals surface area contributed by atoms with Gasteiger partial charge in [0.1, 0.15) is 16.5 Å². The predicted octanol–water partition coefficient (Wildman–Crippen LogP) is 7.57. The number of carbonyl (C=O) groups excluding carboxylic acids is 1. The molecule has 3 aromatic rings. The van der Waals surface area contributed by atoms with E-state index < -0.39 is 29.0 Å². The molecule has 10 heteroatoms. The van der Waals surface area contributed by atoms with Crippen LogP contribution in [0.25, 0.3) is 11.0 Å². The highest BCUT2D eigenvalue weighted by molar-refractivity contribution is 6.29. The van der Waals surface area contributed by atoms with Crippen molar-refractivity contribution >= 4 is 34.2 Å². The highest BCUT2D eigenvalue weighted by atomic mass is 35.5. The number of aryl methyl sites for hydroxylation is 1. The molecule has 1 atom stereocenters. The smallest absolute Gasteiger partial charge is 0.394 e. The minimum Gasteiger partial charge on any atom is -0.461 e. The van der Waals surface area contributed by atoms with Crippen LogP contribution in [-0.2, 0) is 10.2 Å². The molecule has 2 heterocycles. The molecule has 3 aliphatic carbocycles. The summed E-state index contributed by atoms with van der Waals surface area (Å²) in [7, 11) is 0. The molecule has 2 aromatic heterocycles. The molecule has 1 aromatic carbocycles. The molecule has 6 rings (SSSR count). The van der Waals surface area contributed by atoms with E-state index in [1.165, 1.54) is 0 Å². The first kappa shape index (κ1) is 27.5. The van der Waals surface area contributed by atoms with Crippen molar-refractivity contribution in [3.63, 3.8) is 0 Å². The summed E-state index contributed by atoms with van der Waals surface area (Å²) in [6.45, 7) is 7.56. The molecule has 3 saturated carbocycles. The second kappa shape index (κ2) is 9.54. The Labute approximate surface area is 228 Å². The lowest BCUT2D eigenvalue weighted by molar-refractivity contribution is -0.340. The Morgan fingerprint density at radius 3 is 2.56 bits per heavy atom. The number of alkyl halides is 3. The van der Waals surface area contributed by atoms with Gasteiger partial charge in [0.15, 0.2) is 11.1 Å². The number of aromatic nitrogens is 1. The van der Waals surface area contributed by atoms with Gasteiger partial charge in [0, 0.05) is 16.5 Å². The number of carbonyl (C=O) groups is 1. The monoisotopic (exact) mass is 562 g/mol. The van der Waals surface area contributed by atoms with Gasteiger partial charge in [-0.2, -0.15) is 13.2 Å². The van der Waals surface area contributed by atoms with Crippen LogP contribution in [0.15, 0.2) is 33.5 Å². The summed E-state index contributed by atoms with van der Waals surface area (Å²) >= 11 is 6.06. The van der Waals surface area contributed by atoms with Gasteiger partial charge in [-0.3, -0.25) is 4.79 Å². The molecule has 2 bridgehead atoms. The molecular weight excluding hydrogens is 533 g/mol. The number of hydrogen-bond acceptors (Lipinski definition) is 6. The summed E-state index contributed by atoms with van der Waals surface area (Å²) in [6, 6.07) is 6.31. The van der Waals surface area contributed by atoms with Crippen LogP contribution in [0.4, 0.5) is 18.9 Å². The quantitative estimate of drug-likeness (QED) is 0.173. The van der Waals surface area contributed by atoms with Crippen LogP contribution in [0.2, 0.25) is 5.15 Å². The van der Waals surface area contributed by atoms with Gasteiger partial charge >= 0.3 is 12.1 Å². The number of ether oxygens (including phenoxy) is 1. The zero-order valence-corrected chi connectivity index (χ0v) is 23.0. The van der Waals surface area contributed by atoms with Crippen LogP contribution in [0.1, 0.15) is 84.9 Å². The SMILES string of the molecule is CCCCOC(=O)c1nc(Cl)ccc1NC(C)c1cc(C)cc2c(=O)c(C)c(C34CC(C(F)(F)F)(C3)C4)oc12. The summed E-state index contributed by atoms with van der Waals surface area (Å²) in [5.41, 5.74) is -0.108. The third-order valence-electron chi connectivity index (χ3n) is 8.13. The highest BCUT2D eigenvalue weighted by Gasteiger charge is 2.80. The van der Waals surface area contributed by atoms with Crippen LogP contribution < -0.4 is 10.7 Å². The van der Waals surface area contributed by atoms with Crippen molar-refractivity contribution in [2.75, 3.05) is 11.9 Å². The summed E-state index contributed by atoms with van der Waals surface area (Å²) < 4.78 is 52.2. The minimum absolute atomic E-state index is 0.0340. The van der Waals surface area contributed by atoms with Crippen molar-refractivity contribution in [3.8, 4) is 0 Å². The molecular formula is C29H30ClF3N2O4. The van der Waals surface area contributed by atoms with Gasteiger partial charge in [-0.1, -0.05) is 31.0 Å². The van der Waals surface area contributed by atoms with Crippen molar-refractivity contribution in [1.29, 1.82) is 0 Å². The Balaban J connectivity index is 1.52. The first-order chi connectivity index (χ1) is 18.3. The molecule has 3 aliphatic rings. The van der Waals surface area contributed by atoms with Gasteiger partial charge in [-0.25, -0.2) is 9.78 Å². The van der Waals surface area contributed by atoms with Gasteiger partial charge in [0.05, 0.1) is 29.1 Å². The second-order valence-electron chi connectivity index (χ2n) is 11.1. The normalized spacial score (nSPS) is 22.7. The number of anilines is 1. The fourth-order valence-electron chi connectivity index (χ4n) is 6.12. The molecule has 3 fully saturated rings. The minimum atomic E-state index is -4.26. The lowest BCUT2D eigenvalue weighted by atomic mass is 9.34. The standard InChI is InChI=1S/C29H30ClF3N2O4/c1-5-6-9-38-26(37)22-20(7-8-21(30)35-22)34-17(4)18-10-15(2)11-19-23(36)16(3)25(39-24(18)19)27-12-28(13-27,14-27)29(31,32)33/h7-8,10-11,17,34H,5-6,9,12-14H2,1-4H3.